The van der Waals surface area contributed by atoms with E-state index in [9.17, 15) is 4.79 Å². The molecule has 2 aliphatic rings. The molecule has 0 radical (unpaired) electrons. The van der Waals surface area contributed by atoms with Crippen molar-refractivity contribution in [1.82, 2.24) is 5.32 Å². The van der Waals surface area contributed by atoms with Crippen molar-refractivity contribution in [2.75, 3.05) is 32.4 Å². The fourth-order valence-corrected chi connectivity index (χ4v) is 4.05. The molecule has 0 fully saturated rings. The number of carbonyl (C=O) groups is 1. The molecule has 1 atom stereocenters. The lowest BCUT2D eigenvalue weighted by Gasteiger charge is -2.21. The highest BCUT2D eigenvalue weighted by atomic mass is 16.7. The van der Waals surface area contributed by atoms with Crippen molar-refractivity contribution in [2.45, 2.75) is 18.9 Å². The Balaban J connectivity index is 1.30. The molecule has 0 bridgehead atoms. The van der Waals surface area contributed by atoms with Gasteiger partial charge in [-0.1, -0.05) is 18.2 Å². The minimum atomic E-state index is -0.295. The molecule has 2 amide bonds. The molecule has 3 aromatic carbocycles. The molecule has 3 aromatic rings. The van der Waals surface area contributed by atoms with E-state index in [1.54, 1.807) is 25.3 Å². The van der Waals surface area contributed by atoms with Gasteiger partial charge in [0.05, 0.1) is 7.11 Å². The first-order valence-electron chi connectivity index (χ1n) is 11.1. The van der Waals surface area contributed by atoms with E-state index in [2.05, 4.69) is 10.6 Å². The van der Waals surface area contributed by atoms with Crippen molar-refractivity contribution in [2.24, 2.45) is 0 Å². The number of urea groups is 1. The summed E-state index contributed by atoms with van der Waals surface area (Å²) in [5.74, 6) is 3.55. The molecule has 2 N–H and O–H groups in total. The minimum Gasteiger partial charge on any atom is -0.497 e. The van der Waals surface area contributed by atoms with Crippen LogP contribution in [0.25, 0.3) is 0 Å². The lowest BCUT2D eigenvalue weighted by Crippen LogP contribution is -2.40. The Morgan fingerprint density at radius 2 is 1.47 bits per heavy atom. The molecule has 0 saturated heterocycles. The van der Waals surface area contributed by atoms with Crippen LogP contribution in [-0.4, -0.2) is 39.2 Å². The maximum absolute atomic E-state index is 12.9. The second-order valence-corrected chi connectivity index (χ2v) is 8.10. The van der Waals surface area contributed by atoms with Gasteiger partial charge in [-0.05, 0) is 60.4 Å². The van der Waals surface area contributed by atoms with Crippen molar-refractivity contribution in [1.29, 1.82) is 0 Å². The van der Waals surface area contributed by atoms with Crippen molar-refractivity contribution in [3.05, 3.63) is 71.8 Å². The Labute approximate surface area is 197 Å². The van der Waals surface area contributed by atoms with Crippen molar-refractivity contribution < 1.29 is 28.5 Å². The van der Waals surface area contributed by atoms with Crippen LogP contribution in [0.1, 0.15) is 11.1 Å². The summed E-state index contributed by atoms with van der Waals surface area (Å²) in [6.45, 7) is 1.24. The Kier molecular flexibility index (Phi) is 6.29. The van der Waals surface area contributed by atoms with Gasteiger partial charge in [-0.15, -0.1) is 0 Å². The van der Waals surface area contributed by atoms with Gasteiger partial charge in [0.15, 0.2) is 23.0 Å². The smallest absolute Gasteiger partial charge is 0.319 e. The van der Waals surface area contributed by atoms with Gasteiger partial charge in [-0.2, -0.15) is 0 Å². The number of methoxy groups -OCH3 is 1. The lowest BCUT2D eigenvalue weighted by molar-refractivity contribution is 0.171. The maximum atomic E-state index is 12.9. The summed E-state index contributed by atoms with van der Waals surface area (Å²) in [5, 5.41) is 6.02. The van der Waals surface area contributed by atoms with E-state index in [0.29, 0.717) is 43.2 Å². The first-order chi connectivity index (χ1) is 16.7. The largest absolute Gasteiger partial charge is 0.497 e. The van der Waals surface area contributed by atoms with Gasteiger partial charge in [0.25, 0.3) is 0 Å². The fraction of sp³-hybridized carbons (Fsp3) is 0.269. The monoisotopic (exact) mass is 462 g/mol. The van der Waals surface area contributed by atoms with Gasteiger partial charge in [-0.3, -0.25) is 0 Å². The Morgan fingerprint density at radius 3 is 2.29 bits per heavy atom. The Morgan fingerprint density at radius 1 is 0.824 bits per heavy atom. The molecule has 2 aliphatic heterocycles. The molecule has 1 unspecified atom stereocenters. The highest BCUT2D eigenvalue weighted by molar-refractivity contribution is 5.90. The zero-order valence-electron chi connectivity index (χ0n) is 18.8. The maximum Gasteiger partial charge on any atom is 0.319 e. The predicted octanol–water partition coefficient (Wildman–Crippen LogP) is 4.17. The first kappa shape index (κ1) is 21.8. The zero-order chi connectivity index (χ0) is 23.3. The molecule has 8 nitrogen and oxygen atoms in total. The van der Waals surface area contributed by atoms with Crippen LogP contribution in [0.4, 0.5) is 10.5 Å². The molecule has 0 spiro atoms. The van der Waals surface area contributed by atoms with Crippen LogP contribution >= 0.6 is 0 Å². The first-order valence-corrected chi connectivity index (χ1v) is 11.1. The lowest BCUT2D eigenvalue weighted by atomic mass is 9.98. The highest BCUT2D eigenvalue weighted by Crippen LogP contribution is 2.34. The van der Waals surface area contributed by atoms with Gasteiger partial charge in [-0.25, -0.2) is 4.79 Å². The normalized spacial score (nSPS) is 14.3. The average Bonchev–Trinajstić information content (AvgIpc) is 3.32. The Hall–Kier alpha value is -4.07. The number of rotatable bonds is 7. The second kappa shape index (κ2) is 9.82. The number of amides is 2. The molecule has 0 aliphatic carbocycles. The van der Waals surface area contributed by atoms with Crippen molar-refractivity contribution >= 4 is 11.7 Å². The highest BCUT2D eigenvalue weighted by Gasteiger charge is 2.19. The fourth-order valence-electron chi connectivity index (χ4n) is 4.05. The third-order valence-corrected chi connectivity index (χ3v) is 5.70. The van der Waals surface area contributed by atoms with Crippen LogP contribution in [0.3, 0.4) is 0 Å². The van der Waals surface area contributed by atoms with Gasteiger partial charge >= 0.3 is 6.03 Å². The molecule has 176 valence electrons. The number of fused-ring (bicyclic) bond motifs is 2. The molecule has 5 rings (SSSR count). The standard InChI is InChI=1S/C26H26N2O6/c1-30-21-6-2-17(3-7-21)12-20(13-18-4-8-23-24(14-18)34-16-33-23)28-26(29)27-19-5-9-22-25(15-19)32-11-10-31-22/h2-9,14-15,20H,10-13,16H2,1H3,(H2,27,28,29). The molecule has 0 aromatic heterocycles. The average molecular weight is 463 g/mol. The third-order valence-electron chi connectivity index (χ3n) is 5.70. The number of hydrogen-bond acceptors (Lipinski definition) is 6. The summed E-state index contributed by atoms with van der Waals surface area (Å²) in [7, 11) is 1.64. The van der Waals surface area contributed by atoms with Crippen molar-refractivity contribution in [3.8, 4) is 28.7 Å². The summed E-state index contributed by atoms with van der Waals surface area (Å²) < 4.78 is 27.3. The summed E-state index contributed by atoms with van der Waals surface area (Å²) >= 11 is 0. The van der Waals surface area contributed by atoms with E-state index in [0.717, 1.165) is 28.4 Å². The topological polar surface area (TPSA) is 87.3 Å². The summed E-state index contributed by atoms with van der Waals surface area (Å²) in [6, 6.07) is 18.6. The van der Waals surface area contributed by atoms with Crippen molar-refractivity contribution in [3.63, 3.8) is 0 Å². The van der Waals surface area contributed by atoms with E-state index in [-0.39, 0.29) is 18.9 Å². The van der Waals surface area contributed by atoms with Crippen LogP contribution in [-0.2, 0) is 12.8 Å². The van der Waals surface area contributed by atoms with Crippen LogP contribution in [0.2, 0.25) is 0 Å². The number of nitrogens with one attached hydrogen (secondary N) is 2. The van der Waals surface area contributed by atoms with E-state index in [1.807, 2.05) is 42.5 Å². The second-order valence-electron chi connectivity index (χ2n) is 8.10. The van der Waals surface area contributed by atoms with E-state index < -0.39 is 0 Å². The number of ether oxygens (including phenoxy) is 5. The van der Waals surface area contributed by atoms with Gasteiger partial charge in [0.2, 0.25) is 6.79 Å². The van der Waals surface area contributed by atoms with Crippen LogP contribution in [0.15, 0.2) is 60.7 Å². The van der Waals surface area contributed by atoms with E-state index in [1.165, 1.54) is 0 Å². The van der Waals surface area contributed by atoms with E-state index in [4.69, 9.17) is 23.7 Å². The third kappa shape index (κ3) is 5.11. The van der Waals surface area contributed by atoms with E-state index >= 15 is 0 Å². The van der Waals surface area contributed by atoms with Crippen LogP contribution in [0.5, 0.6) is 28.7 Å². The molecule has 8 heteroatoms. The minimum absolute atomic E-state index is 0.161. The number of carbonyl (C=O) groups excluding carboxylic acids is 1. The van der Waals surface area contributed by atoms with Crippen LogP contribution in [0, 0.1) is 0 Å². The number of benzene rings is 3. The molecule has 0 saturated carbocycles. The van der Waals surface area contributed by atoms with Gasteiger partial charge < -0.3 is 34.3 Å². The van der Waals surface area contributed by atoms with Crippen LogP contribution < -0.4 is 34.3 Å². The zero-order valence-corrected chi connectivity index (χ0v) is 18.8. The predicted molar refractivity (Wildman–Crippen MR) is 126 cm³/mol. The van der Waals surface area contributed by atoms with Gasteiger partial charge in [0.1, 0.15) is 19.0 Å². The van der Waals surface area contributed by atoms with Gasteiger partial charge in [0, 0.05) is 17.8 Å². The Bertz CT molecular complexity index is 1160. The summed E-state index contributed by atoms with van der Waals surface area (Å²) in [4.78, 5) is 12.9. The molecule has 34 heavy (non-hydrogen) atoms. The SMILES string of the molecule is COc1ccc(CC(Cc2ccc3c(c2)OCO3)NC(=O)Nc2ccc3c(c2)OCCO3)cc1. The number of anilines is 1. The quantitative estimate of drug-likeness (QED) is 0.548. The molecular weight excluding hydrogens is 436 g/mol. The molecular formula is C26H26N2O6. The summed E-state index contributed by atoms with van der Waals surface area (Å²) in [5.41, 5.74) is 2.77. The summed E-state index contributed by atoms with van der Waals surface area (Å²) in [6.07, 6.45) is 1.27. The molecule has 2 heterocycles. The number of hydrogen-bond donors (Lipinski definition) is 2.